The first-order chi connectivity index (χ1) is 13.9. The van der Waals surface area contributed by atoms with E-state index in [-0.39, 0.29) is 12.0 Å². The molecule has 0 saturated carbocycles. The summed E-state index contributed by atoms with van der Waals surface area (Å²) in [6.07, 6.45) is 1.99. The lowest BCUT2D eigenvalue weighted by molar-refractivity contribution is -0.137. The molecule has 0 aliphatic carbocycles. The smallest absolute Gasteiger partial charge is 0.303 e. The van der Waals surface area contributed by atoms with Crippen molar-refractivity contribution in [3.05, 3.63) is 44.8 Å². The number of carboxylic acid groups (broad SMARTS) is 1. The van der Waals surface area contributed by atoms with Crippen LogP contribution in [-0.2, 0) is 17.8 Å². The van der Waals surface area contributed by atoms with Crippen molar-refractivity contribution >= 4 is 27.5 Å². The zero-order valence-corrected chi connectivity index (χ0v) is 18.1. The second kappa shape index (κ2) is 8.78. The molecule has 0 fully saturated rings. The van der Waals surface area contributed by atoms with Crippen LogP contribution >= 0.6 is 11.3 Å². The van der Waals surface area contributed by atoms with E-state index in [9.17, 15) is 9.59 Å². The first-order valence-corrected chi connectivity index (χ1v) is 10.6. The van der Waals surface area contributed by atoms with Gasteiger partial charge in [-0.1, -0.05) is 13.0 Å². The highest BCUT2D eigenvalue weighted by Gasteiger charge is 2.20. The second-order valence-electron chi connectivity index (χ2n) is 7.13. The molecule has 0 unspecified atom stereocenters. The van der Waals surface area contributed by atoms with Crippen LogP contribution in [0.5, 0.6) is 5.75 Å². The predicted octanol–water partition coefficient (Wildman–Crippen LogP) is 4.57. The maximum atomic E-state index is 13.5. The van der Waals surface area contributed by atoms with Crippen LogP contribution in [0.1, 0.15) is 42.5 Å². The van der Waals surface area contributed by atoms with Gasteiger partial charge in [0.1, 0.15) is 16.4 Å². The van der Waals surface area contributed by atoms with E-state index in [1.54, 1.807) is 11.7 Å². The zero-order valence-electron chi connectivity index (χ0n) is 17.2. The van der Waals surface area contributed by atoms with Gasteiger partial charge in [0.15, 0.2) is 0 Å². The van der Waals surface area contributed by atoms with Crippen LogP contribution in [0.25, 0.3) is 21.3 Å². The van der Waals surface area contributed by atoms with Gasteiger partial charge in [-0.3, -0.25) is 14.2 Å². The molecule has 0 saturated heterocycles. The van der Waals surface area contributed by atoms with E-state index in [1.165, 1.54) is 11.3 Å². The average Bonchev–Trinajstić information content (AvgIpc) is 3.00. The van der Waals surface area contributed by atoms with Gasteiger partial charge in [-0.25, -0.2) is 4.98 Å². The molecule has 2 heterocycles. The number of aliphatic carboxylic acids is 1. The van der Waals surface area contributed by atoms with Gasteiger partial charge < -0.3 is 9.84 Å². The molecule has 0 aliphatic rings. The number of methoxy groups -OCH3 is 1. The maximum absolute atomic E-state index is 13.5. The molecule has 0 spiro atoms. The number of carboxylic acids is 1. The summed E-state index contributed by atoms with van der Waals surface area (Å²) in [6.45, 7) is 6.39. The minimum absolute atomic E-state index is 0.0310. The summed E-state index contributed by atoms with van der Waals surface area (Å²) in [7, 11) is 1.64. The maximum Gasteiger partial charge on any atom is 0.303 e. The van der Waals surface area contributed by atoms with Gasteiger partial charge in [0, 0.05) is 29.8 Å². The Hall–Kier alpha value is -2.67. The molecule has 2 aromatic heterocycles. The fourth-order valence-electron chi connectivity index (χ4n) is 3.65. The van der Waals surface area contributed by atoms with Crippen LogP contribution in [0.3, 0.4) is 0 Å². The number of benzene rings is 1. The molecular formula is C22H26N2O4S. The first kappa shape index (κ1) is 21.0. The SMILES string of the molecule is CCCc1nc2sc(C)c(-c3ccc(OC)c(C)c3)c2c(=O)n1CCCC(=O)O. The van der Waals surface area contributed by atoms with Crippen molar-refractivity contribution in [1.29, 1.82) is 0 Å². The van der Waals surface area contributed by atoms with Crippen LogP contribution in [0.15, 0.2) is 23.0 Å². The number of carbonyl (C=O) groups is 1. The van der Waals surface area contributed by atoms with Crippen molar-refractivity contribution in [3.8, 4) is 16.9 Å². The van der Waals surface area contributed by atoms with E-state index in [1.807, 2.05) is 39.0 Å². The molecule has 1 N–H and O–H groups in total. The fraction of sp³-hybridized carbons (Fsp3) is 0.409. The molecule has 1 aromatic carbocycles. The molecule has 0 atom stereocenters. The van der Waals surface area contributed by atoms with E-state index in [4.69, 9.17) is 14.8 Å². The van der Waals surface area contributed by atoms with E-state index in [0.717, 1.165) is 44.4 Å². The van der Waals surface area contributed by atoms with Crippen LogP contribution in [0.2, 0.25) is 0 Å². The molecule has 0 aliphatic heterocycles. The average molecular weight is 415 g/mol. The Bertz CT molecular complexity index is 1110. The van der Waals surface area contributed by atoms with Crippen molar-refractivity contribution in [1.82, 2.24) is 9.55 Å². The third-order valence-electron chi connectivity index (χ3n) is 5.00. The van der Waals surface area contributed by atoms with Gasteiger partial charge in [0.05, 0.1) is 12.5 Å². The van der Waals surface area contributed by atoms with Crippen LogP contribution in [-0.4, -0.2) is 27.7 Å². The zero-order chi connectivity index (χ0) is 21.1. The van der Waals surface area contributed by atoms with Crippen molar-refractivity contribution < 1.29 is 14.6 Å². The monoisotopic (exact) mass is 414 g/mol. The van der Waals surface area contributed by atoms with E-state index in [0.29, 0.717) is 24.8 Å². The molecule has 3 rings (SSSR count). The van der Waals surface area contributed by atoms with Crippen molar-refractivity contribution in [2.75, 3.05) is 7.11 Å². The number of thiophene rings is 1. The number of aromatic nitrogens is 2. The quantitative estimate of drug-likeness (QED) is 0.584. The first-order valence-electron chi connectivity index (χ1n) is 9.77. The summed E-state index contributed by atoms with van der Waals surface area (Å²) in [5, 5.41) is 9.58. The lowest BCUT2D eigenvalue weighted by Crippen LogP contribution is -2.25. The Balaban J connectivity index is 2.19. The summed E-state index contributed by atoms with van der Waals surface area (Å²) in [6, 6.07) is 5.91. The minimum Gasteiger partial charge on any atom is -0.496 e. The Morgan fingerprint density at radius 3 is 2.69 bits per heavy atom. The van der Waals surface area contributed by atoms with Gasteiger partial charge >= 0.3 is 5.97 Å². The summed E-state index contributed by atoms with van der Waals surface area (Å²) >= 11 is 1.53. The molecule has 154 valence electrons. The highest BCUT2D eigenvalue weighted by molar-refractivity contribution is 7.19. The van der Waals surface area contributed by atoms with Crippen LogP contribution < -0.4 is 10.3 Å². The second-order valence-corrected chi connectivity index (χ2v) is 8.33. The Kier molecular flexibility index (Phi) is 6.37. The standard InChI is InChI=1S/C22H26N2O4S/c1-5-7-17-23-21-20(22(27)24(17)11-6-8-18(25)26)19(14(3)29-21)15-9-10-16(28-4)13(2)12-15/h9-10,12H,5-8,11H2,1-4H3,(H,25,26). The lowest BCUT2D eigenvalue weighted by atomic mass is 10.0. The highest BCUT2D eigenvalue weighted by atomic mass is 32.1. The summed E-state index contributed by atoms with van der Waals surface area (Å²) in [4.78, 5) is 31.0. The van der Waals surface area contributed by atoms with Gasteiger partial charge in [-0.2, -0.15) is 0 Å². The largest absolute Gasteiger partial charge is 0.496 e. The van der Waals surface area contributed by atoms with Gasteiger partial charge in [-0.15, -0.1) is 11.3 Å². The van der Waals surface area contributed by atoms with Gasteiger partial charge in [0.25, 0.3) is 5.56 Å². The number of ether oxygens (including phenoxy) is 1. The topological polar surface area (TPSA) is 81.4 Å². The third-order valence-corrected chi connectivity index (χ3v) is 6.00. The van der Waals surface area contributed by atoms with Crippen molar-refractivity contribution in [2.45, 2.75) is 53.0 Å². The van der Waals surface area contributed by atoms with Gasteiger partial charge in [-0.05, 0) is 49.9 Å². The number of fused-ring (bicyclic) bond motifs is 1. The summed E-state index contributed by atoms with van der Waals surface area (Å²) in [5.41, 5.74) is 2.78. The predicted molar refractivity (Wildman–Crippen MR) is 116 cm³/mol. The molecule has 0 bridgehead atoms. The number of rotatable bonds is 8. The number of hydrogen-bond acceptors (Lipinski definition) is 5. The Morgan fingerprint density at radius 1 is 1.31 bits per heavy atom. The third kappa shape index (κ3) is 4.19. The summed E-state index contributed by atoms with van der Waals surface area (Å²) in [5.74, 6) is 0.680. The molecule has 3 aromatic rings. The number of nitrogens with zero attached hydrogens (tertiary/aromatic N) is 2. The van der Waals surface area contributed by atoms with Crippen molar-refractivity contribution in [2.24, 2.45) is 0 Å². The Labute approximate surface area is 173 Å². The fourth-order valence-corrected chi connectivity index (χ4v) is 4.71. The molecule has 29 heavy (non-hydrogen) atoms. The molecule has 0 amide bonds. The Morgan fingerprint density at radius 2 is 2.07 bits per heavy atom. The number of aryl methyl sites for hydroxylation is 3. The van der Waals surface area contributed by atoms with Crippen LogP contribution in [0, 0.1) is 13.8 Å². The normalized spacial score (nSPS) is 11.2. The highest BCUT2D eigenvalue weighted by Crippen LogP contribution is 2.37. The molecular weight excluding hydrogens is 388 g/mol. The molecule has 6 nitrogen and oxygen atoms in total. The van der Waals surface area contributed by atoms with Gasteiger partial charge in [0.2, 0.25) is 0 Å². The van der Waals surface area contributed by atoms with E-state index in [2.05, 4.69) is 0 Å². The summed E-state index contributed by atoms with van der Waals surface area (Å²) < 4.78 is 7.03. The van der Waals surface area contributed by atoms with Crippen molar-refractivity contribution in [3.63, 3.8) is 0 Å². The molecule has 0 radical (unpaired) electrons. The minimum atomic E-state index is -0.857. The number of hydrogen-bond donors (Lipinski definition) is 1. The van der Waals surface area contributed by atoms with Crippen LogP contribution in [0.4, 0.5) is 0 Å². The molecule has 7 heteroatoms. The lowest BCUT2D eigenvalue weighted by Gasteiger charge is -2.12. The van der Waals surface area contributed by atoms with E-state index >= 15 is 0 Å². The van der Waals surface area contributed by atoms with E-state index < -0.39 is 5.97 Å².